The van der Waals surface area contributed by atoms with Gasteiger partial charge in [-0.1, -0.05) is 42.5 Å². The van der Waals surface area contributed by atoms with Gasteiger partial charge in [0.15, 0.2) is 11.2 Å². The molecule has 0 spiro atoms. The molecule has 2 aliphatic rings. The molecule has 0 radical (unpaired) electrons. The van der Waals surface area contributed by atoms with Crippen molar-refractivity contribution in [2.45, 2.75) is 128 Å². The SMILES string of the molecule is CC(CCC(=O)NCCSC1CC(=O)N(CCC(=O)NCCOC(C)(C)CCOC(C)(C)CC(=O)NCCC(=O)N2Cc3ccccc3CCc3ccccc32)C1=O)NC(=O)c1ccc(NCc2cnc3nc(N)[nH]c(=O)c3n2)cc1.O=CO. The highest BCUT2D eigenvalue weighted by Crippen LogP contribution is 2.30. The van der Waals surface area contributed by atoms with Crippen LogP contribution in [0.25, 0.3) is 11.2 Å². The number of carboxylic acid groups (broad SMARTS) is 1. The Morgan fingerprint density at radius 3 is 2.23 bits per heavy atom. The fraction of sp³-hybridized carbons (Fsp3) is 0.458. The number of benzene rings is 3. The summed E-state index contributed by atoms with van der Waals surface area (Å²) < 4.78 is 12.2. The number of aryl methyl sites for hydroxylation is 2. The molecule has 2 atom stereocenters. The summed E-state index contributed by atoms with van der Waals surface area (Å²) >= 11 is 1.28. The van der Waals surface area contributed by atoms with Crippen molar-refractivity contribution in [3.63, 3.8) is 0 Å². The molecule has 0 aliphatic carbocycles. The molecule has 25 heteroatoms. The van der Waals surface area contributed by atoms with E-state index >= 15 is 0 Å². The Morgan fingerprint density at radius 1 is 0.821 bits per heavy atom. The number of anilines is 3. The smallest absolute Gasteiger partial charge is 0.290 e. The van der Waals surface area contributed by atoms with Gasteiger partial charge in [0.05, 0.1) is 61.1 Å². The predicted octanol–water partition coefficient (Wildman–Crippen LogP) is 4.20. The Morgan fingerprint density at radius 2 is 1.48 bits per heavy atom. The summed E-state index contributed by atoms with van der Waals surface area (Å²) in [5.74, 6) is -1.46. The first-order valence-corrected chi connectivity index (χ1v) is 28.9. The second-order valence-corrected chi connectivity index (χ2v) is 22.8. The van der Waals surface area contributed by atoms with E-state index in [0.717, 1.165) is 34.6 Å². The number of hydrogen-bond acceptors (Lipinski definition) is 17. The van der Waals surface area contributed by atoms with E-state index in [1.807, 2.05) is 69.9 Å². The average molecular weight is 1180 g/mol. The number of H-pyrrole nitrogens is 1. The van der Waals surface area contributed by atoms with Crippen molar-refractivity contribution in [3.8, 4) is 0 Å². The fourth-order valence-electron chi connectivity index (χ4n) is 9.31. The van der Waals surface area contributed by atoms with Crippen LogP contribution in [0.15, 0.2) is 83.8 Å². The van der Waals surface area contributed by atoms with Crippen LogP contribution < -0.4 is 42.8 Å². The summed E-state index contributed by atoms with van der Waals surface area (Å²) in [7, 11) is 0. The van der Waals surface area contributed by atoms with Crippen LogP contribution in [-0.2, 0) is 69.0 Å². The van der Waals surface area contributed by atoms with Gasteiger partial charge < -0.3 is 51.8 Å². The van der Waals surface area contributed by atoms with Crippen molar-refractivity contribution in [3.05, 3.63) is 117 Å². The number of nitrogens with two attached hydrogens (primary N) is 1. The molecule has 0 bridgehead atoms. The summed E-state index contributed by atoms with van der Waals surface area (Å²) in [6.45, 7) is 11.0. The van der Waals surface area contributed by atoms with Crippen molar-refractivity contribution in [1.82, 2.24) is 46.1 Å². The van der Waals surface area contributed by atoms with Crippen LogP contribution in [0.2, 0.25) is 0 Å². The number of likely N-dealkylation sites (tertiary alicyclic amines) is 1. The van der Waals surface area contributed by atoms with Crippen LogP contribution >= 0.6 is 11.8 Å². The highest BCUT2D eigenvalue weighted by molar-refractivity contribution is 8.00. The van der Waals surface area contributed by atoms with Gasteiger partial charge >= 0.3 is 0 Å². The number of nitrogen functional groups attached to an aromatic ring is 1. The van der Waals surface area contributed by atoms with Gasteiger partial charge in [-0.3, -0.25) is 53.0 Å². The Bertz CT molecular complexity index is 3180. The number of thioether (sulfide) groups is 1. The third-order valence-electron chi connectivity index (χ3n) is 13.9. The zero-order valence-electron chi connectivity index (χ0n) is 48.1. The van der Waals surface area contributed by atoms with Gasteiger partial charge in [-0.15, -0.1) is 11.8 Å². The van der Waals surface area contributed by atoms with Crippen molar-refractivity contribution >= 4 is 88.1 Å². The number of amides is 7. The lowest BCUT2D eigenvalue weighted by atomic mass is 9.95. The first-order valence-electron chi connectivity index (χ1n) is 27.9. The molecule has 2 unspecified atom stereocenters. The van der Waals surface area contributed by atoms with Crippen molar-refractivity contribution < 1.29 is 52.9 Å². The molecular weight excluding hydrogens is 1100 g/mol. The number of aromatic amines is 1. The fourth-order valence-corrected chi connectivity index (χ4v) is 10.3. The van der Waals surface area contributed by atoms with Crippen molar-refractivity contribution in [2.75, 3.05) is 61.1 Å². The number of imide groups is 1. The number of aromatic nitrogens is 4. The highest BCUT2D eigenvalue weighted by Gasteiger charge is 2.38. The lowest BCUT2D eigenvalue weighted by Gasteiger charge is -2.30. The second kappa shape index (κ2) is 31.4. The minimum atomic E-state index is -0.776. The predicted molar refractivity (Wildman–Crippen MR) is 318 cm³/mol. The topological polar surface area (TPSA) is 339 Å². The van der Waals surface area contributed by atoms with E-state index in [1.165, 1.54) is 23.5 Å². The van der Waals surface area contributed by atoms with E-state index in [-0.39, 0.29) is 142 Å². The number of hydrogen-bond donors (Lipinski definition) is 8. The van der Waals surface area contributed by atoms with E-state index in [2.05, 4.69) is 64.7 Å². The van der Waals surface area contributed by atoms with Gasteiger partial charge in [-0.25, -0.2) is 9.97 Å². The van der Waals surface area contributed by atoms with Crippen LogP contribution in [0.1, 0.15) is 112 Å². The Balaban J connectivity index is 0.00000369. The van der Waals surface area contributed by atoms with Crippen LogP contribution in [-0.4, -0.2) is 145 Å². The zero-order valence-corrected chi connectivity index (χ0v) is 48.9. The summed E-state index contributed by atoms with van der Waals surface area (Å²) in [6, 6.07) is 22.7. The summed E-state index contributed by atoms with van der Waals surface area (Å²) in [5.41, 5.74) is 9.98. The van der Waals surface area contributed by atoms with Crippen LogP contribution in [0.5, 0.6) is 0 Å². The summed E-state index contributed by atoms with van der Waals surface area (Å²) in [5, 5.41) is 20.9. The highest BCUT2D eigenvalue weighted by atomic mass is 32.2. The maximum absolute atomic E-state index is 13.6. The minimum absolute atomic E-state index is 0.0126. The molecule has 4 heterocycles. The van der Waals surface area contributed by atoms with E-state index in [1.54, 1.807) is 24.3 Å². The molecule has 3 aromatic carbocycles. The average Bonchev–Trinajstić information content (AvgIpc) is 3.09. The van der Waals surface area contributed by atoms with Crippen LogP contribution in [0.4, 0.5) is 17.3 Å². The first kappa shape index (κ1) is 64.9. The number of ether oxygens (including phenoxy) is 2. The molecule has 2 aromatic heterocycles. The van der Waals surface area contributed by atoms with E-state index in [0.29, 0.717) is 48.7 Å². The molecule has 0 saturated carbocycles. The van der Waals surface area contributed by atoms with Gasteiger partial charge in [0, 0.05) is 80.6 Å². The van der Waals surface area contributed by atoms with E-state index < -0.39 is 22.0 Å². The summed E-state index contributed by atoms with van der Waals surface area (Å²) in [6.07, 6.45) is 4.53. The Hall–Kier alpha value is -8.29. The molecular formula is C59H76N12O12S. The molecule has 1 saturated heterocycles. The maximum Gasteiger partial charge on any atom is 0.290 e. The monoisotopic (exact) mass is 1180 g/mol. The largest absolute Gasteiger partial charge is 0.483 e. The third kappa shape index (κ3) is 20.3. The van der Waals surface area contributed by atoms with E-state index in [9.17, 15) is 38.4 Å². The molecule has 9 N–H and O–H groups in total. The van der Waals surface area contributed by atoms with Crippen molar-refractivity contribution in [1.29, 1.82) is 0 Å². The maximum atomic E-state index is 13.6. The number of rotatable bonds is 28. The number of fused-ring (bicyclic) bond motifs is 3. The molecule has 7 rings (SSSR count). The summed E-state index contributed by atoms with van der Waals surface area (Å²) in [4.78, 5) is 129. The quantitative estimate of drug-likeness (QED) is 0.0198. The zero-order chi connectivity index (χ0) is 60.8. The van der Waals surface area contributed by atoms with Crippen molar-refractivity contribution in [2.24, 2.45) is 0 Å². The molecule has 1 fully saturated rings. The lowest BCUT2D eigenvalue weighted by Crippen LogP contribution is -2.39. The van der Waals surface area contributed by atoms with Gasteiger partial charge in [0.2, 0.25) is 41.4 Å². The molecule has 7 amide bonds. The third-order valence-corrected chi connectivity index (χ3v) is 15.1. The van der Waals surface area contributed by atoms with Crippen LogP contribution in [0, 0.1) is 0 Å². The number of nitrogens with zero attached hydrogens (tertiary/aromatic N) is 5. The lowest BCUT2D eigenvalue weighted by molar-refractivity contribution is -0.139. The molecule has 2 aliphatic heterocycles. The first-order chi connectivity index (χ1) is 40.1. The minimum Gasteiger partial charge on any atom is -0.483 e. The van der Waals surface area contributed by atoms with Gasteiger partial charge in [-0.05, 0) is 107 Å². The molecule has 24 nitrogen and oxygen atoms in total. The Kier molecular flexibility index (Phi) is 24.2. The molecule has 84 heavy (non-hydrogen) atoms. The van der Waals surface area contributed by atoms with Gasteiger partial charge in [-0.2, -0.15) is 4.98 Å². The number of carbonyl (C=O) groups excluding carboxylic acids is 7. The van der Waals surface area contributed by atoms with Gasteiger partial charge in [0.25, 0.3) is 17.9 Å². The molecule has 5 aromatic rings. The Labute approximate surface area is 491 Å². The van der Waals surface area contributed by atoms with Gasteiger partial charge in [0.1, 0.15) is 0 Å². The number of para-hydroxylation sites is 1. The molecule has 450 valence electrons. The second-order valence-electron chi connectivity index (χ2n) is 21.5. The number of carbonyl (C=O) groups is 8. The van der Waals surface area contributed by atoms with Crippen LogP contribution in [0.3, 0.4) is 0 Å². The normalized spacial score (nSPS) is 14.4. The van der Waals surface area contributed by atoms with E-state index in [4.69, 9.17) is 25.1 Å². The standard InChI is InChI=1S/C58H74N12O10S.CH2O2/c1-37(65-53(76)40-17-19-42(20-18-40)63-34-43-35-64-52-51(66-43)54(77)68-56(59)67-52)14-21-46(71)62-27-31-81-45-32-50(75)69(55(45)78)28-23-47(72)61-26-30-80-57(2,3)24-29-79-58(4,5)33-48(73)60-25-22-49(74)70-36-41-12-7-6-10-38(41)15-16-39-11-8-9-13-44(39)70;2-1-3/h6-13,17-20,35,37,45,63H,14-16,21-34,36H2,1-5H3,(H,60,73)(H,61,72)(H,62,71)(H,65,76)(H3,59,64,67,68,77);1H,(H,2,3). The number of nitrogens with one attached hydrogen (secondary N) is 6.